The molecule has 2 amide bonds. The van der Waals surface area contributed by atoms with Crippen LogP contribution in [0.4, 0.5) is 13.2 Å². The van der Waals surface area contributed by atoms with Crippen molar-refractivity contribution < 1.29 is 50.2 Å². The van der Waals surface area contributed by atoms with Gasteiger partial charge < -0.3 is 14.4 Å². The highest BCUT2D eigenvalue weighted by Crippen LogP contribution is 2.58. The van der Waals surface area contributed by atoms with E-state index in [9.17, 15) is 40.8 Å². The zero-order chi connectivity index (χ0) is 43.7. The Morgan fingerprint density at radius 2 is 1.82 bits per heavy atom. The van der Waals surface area contributed by atoms with E-state index in [0.29, 0.717) is 59.5 Å². The third kappa shape index (κ3) is 8.49. The molecule has 7 atom stereocenters. The molecular formula is C42H51ClF3N5O8S. The Balaban J connectivity index is 1.26. The van der Waals surface area contributed by atoms with Crippen LogP contribution in [0.5, 0.6) is 5.88 Å². The van der Waals surface area contributed by atoms with Gasteiger partial charge in [0.1, 0.15) is 6.10 Å². The summed E-state index contributed by atoms with van der Waals surface area (Å²) < 4.78 is 82.4. The van der Waals surface area contributed by atoms with E-state index in [4.69, 9.17) is 21.1 Å². The maximum absolute atomic E-state index is 14.9. The molecule has 0 bridgehead atoms. The average Bonchev–Trinajstić information content (AvgIpc) is 3.96. The number of Topliss-reactive ketones (excluding diaryl/α,β-unsaturated/α-hetero) is 1. The molecule has 0 spiro atoms. The SMILES string of the molecule is Cc1cn2c(n1)nc(O[C@@H]1C[C@H]3C(=O)C[C@]4(C(=O)NS(=O)(=O)C5(C)CC5)C[C@H]4/C=C\CC[C@H](C)C[C@@H](C)[C@H](CC(=O)OC(C)(C)C(F)(F)F)C(=O)N3C1)c1cc(Cl)ccc12. The highest BCUT2D eigenvalue weighted by molar-refractivity contribution is 7.91. The van der Waals surface area contributed by atoms with Crippen LogP contribution >= 0.6 is 11.6 Å². The molecule has 2 aliphatic heterocycles. The van der Waals surface area contributed by atoms with Gasteiger partial charge in [-0.15, -0.1) is 0 Å². The van der Waals surface area contributed by atoms with Crippen molar-refractivity contribution in [1.82, 2.24) is 24.0 Å². The molecule has 326 valence electrons. The summed E-state index contributed by atoms with van der Waals surface area (Å²) in [5, 5.41) is 0.926. The van der Waals surface area contributed by atoms with Crippen molar-refractivity contribution in [3.63, 3.8) is 0 Å². The Morgan fingerprint density at radius 1 is 1.10 bits per heavy atom. The second-order valence-corrected chi connectivity index (χ2v) is 20.9. The minimum absolute atomic E-state index is 0.00360. The molecule has 1 aromatic carbocycles. The zero-order valence-electron chi connectivity index (χ0n) is 34.5. The fourth-order valence-electron chi connectivity index (χ4n) is 8.68. The smallest absolute Gasteiger partial charge is 0.427 e. The van der Waals surface area contributed by atoms with Crippen molar-refractivity contribution in [2.24, 2.45) is 29.1 Å². The summed E-state index contributed by atoms with van der Waals surface area (Å²) in [7, 11) is -4.05. The van der Waals surface area contributed by atoms with Gasteiger partial charge in [-0.1, -0.05) is 37.6 Å². The Kier molecular flexibility index (Phi) is 11.4. The maximum atomic E-state index is 14.9. The van der Waals surface area contributed by atoms with Gasteiger partial charge >= 0.3 is 12.1 Å². The number of ether oxygens (including phenoxy) is 2. The van der Waals surface area contributed by atoms with Crippen LogP contribution in [-0.2, 0) is 33.9 Å². The van der Waals surface area contributed by atoms with Gasteiger partial charge in [0.15, 0.2) is 5.78 Å². The number of nitrogens with zero attached hydrogens (tertiary/aromatic N) is 4. The maximum Gasteiger partial charge on any atom is 0.427 e. The van der Waals surface area contributed by atoms with Crippen molar-refractivity contribution in [1.29, 1.82) is 0 Å². The van der Waals surface area contributed by atoms with Crippen LogP contribution in [0.25, 0.3) is 16.7 Å². The molecule has 18 heteroatoms. The first-order chi connectivity index (χ1) is 27.9. The van der Waals surface area contributed by atoms with Gasteiger partial charge in [-0.05, 0) is 102 Å². The number of allylic oxidation sites excluding steroid dienone is 2. The second kappa shape index (κ2) is 15.6. The number of halogens is 4. The van der Waals surface area contributed by atoms with E-state index in [-0.39, 0.29) is 31.2 Å². The number of esters is 1. The minimum Gasteiger partial charge on any atom is -0.472 e. The topological polar surface area (TPSA) is 166 Å². The van der Waals surface area contributed by atoms with Gasteiger partial charge in [-0.2, -0.15) is 18.2 Å². The number of carbonyl (C=O) groups excluding carboxylic acids is 4. The fourth-order valence-corrected chi connectivity index (χ4v) is 10.2. The highest BCUT2D eigenvalue weighted by Gasteiger charge is 2.63. The number of sulfonamides is 1. The predicted octanol–water partition coefficient (Wildman–Crippen LogP) is 7.06. The monoisotopic (exact) mass is 877 g/mol. The molecule has 1 N–H and O–H groups in total. The average molecular weight is 878 g/mol. The zero-order valence-corrected chi connectivity index (χ0v) is 36.0. The van der Waals surface area contributed by atoms with Crippen LogP contribution < -0.4 is 9.46 Å². The number of imidazole rings is 1. The summed E-state index contributed by atoms with van der Waals surface area (Å²) in [4.78, 5) is 67.5. The minimum atomic E-state index is -4.88. The van der Waals surface area contributed by atoms with Crippen molar-refractivity contribution >= 4 is 61.9 Å². The molecule has 2 aromatic heterocycles. The number of rotatable bonds is 8. The summed E-state index contributed by atoms with van der Waals surface area (Å²) in [6.07, 6.45) is 1.36. The summed E-state index contributed by atoms with van der Waals surface area (Å²) in [5.41, 5.74) is -2.85. The van der Waals surface area contributed by atoms with E-state index in [0.717, 1.165) is 13.8 Å². The first-order valence-corrected chi connectivity index (χ1v) is 22.3. The Labute approximate surface area is 351 Å². The molecule has 3 aromatic rings. The number of aryl methyl sites for hydroxylation is 1. The standard InChI is InChI=1S/C42H51ClF3N5O8S/c1-23-9-7-8-10-26-19-41(26,37(55)49-60(56,57)40(6)13-14-40)20-33(52)32-17-28(58-35-30-16-27(43)11-12-31(30)51-21-25(3)47-38(51)48-35)22-50(32)36(54)29(24(2)15-23)18-34(53)59-39(4,5)42(44,45)46/h8,10-12,16,21,23-24,26,28-29,32H,7,9,13-15,17-20,22H2,1-6H3,(H,49,55)/b10-8-/t23-,24+,26+,28+,29-,32-,41+/m0/s1. The molecule has 4 aliphatic rings. The number of hydrogen-bond acceptors (Lipinski definition) is 10. The Morgan fingerprint density at radius 3 is 2.50 bits per heavy atom. The number of amides is 2. The largest absolute Gasteiger partial charge is 0.472 e. The van der Waals surface area contributed by atoms with Crippen LogP contribution in [-0.4, -0.2) is 86.5 Å². The number of nitrogens with one attached hydrogen (secondary N) is 1. The van der Waals surface area contributed by atoms with Crippen molar-refractivity contribution in [3.05, 3.63) is 47.3 Å². The van der Waals surface area contributed by atoms with E-state index in [2.05, 4.69) is 14.7 Å². The highest BCUT2D eigenvalue weighted by atomic mass is 35.5. The van der Waals surface area contributed by atoms with Gasteiger partial charge in [0.2, 0.25) is 39.1 Å². The van der Waals surface area contributed by atoms with Crippen molar-refractivity contribution in [2.45, 2.75) is 128 Å². The lowest BCUT2D eigenvalue weighted by atomic mass is 9.82. The lowest BCUT2D eigenvalue weighted by molar-refractivity contribution is -0.257. The summed E-state index contributed by atoms with van der Waals surface area (Å²) in [5.74, 6) is -4.85. The molecule has 3 fully saturated rings. The summed E-state index contributed by atoms with van der Waals surface area (Å²) in [6.45, 7) is 8.40. The Bertz CT molecular complexity index is 2380. The van der Waals surface area contributed by atoms with Crippen molar-refractivity contribution in [3.8, 4) is 5.88 Å². The normalized spacial score (nSPS) is 29.3. The quantitative estimate of drug-likeness (QED) is 0.183. The number of aromatic nitrogens is 3. The van der Waals surface area contributed by atoms with Crippen molar-refractivity contribution in [2.75, 3.05) is 6.54 Å². The van der Waals surface area contributed by atoms with Crippen LogP contribution in [0.2, 0.25) is 5.02 Å². The van der Waals surface area contributed by atoms with Gasteiger partial charge in [-0.25, -0.2) is 13.4 Å². The molecule has 13 nitrogen and oxygen atoms in total. The van der Waals surface area contributed by atoms with E-state index in [1.165, 1.54) is 4.90 Å². The predicted molar refractivity (Wildman–Crippen MR) is 215 cm³/mol. The van der Waals surface area contributed by atoms with Gasteiger partial charge in [-0.3, -0.25) is 28.3 Å². The van der Waals surface area contributed by atoms with E-state index < -0.39 is 98.3 Å². The molecule has 2 saturated carbocycles. The van der Waals surface area contributed by atoms with Crippen LogP contribution in [0.1, 0.15) is 98.1 Å². The van der Waals surface area contributed by atoms with Crippen LogP contribution in [0.3, 0.4) is 0 Å². The summed E-state index contributed by atoms with van der Waals surface area (Å²) >= 11 is 6.42. The molecule has 0 unspecified atom stereocenters. The lowest BCUT2D eigenvalue weighted by Gasteiger charge is -2.33. The number of alkyl halides is 3. The number of ketones is 1. The summed E-state index contributed by atoms with van der Waals surface area (Å²) in [6, 6.07) is 3.96. The molecule has 60 heavy (non-hydrogen) atoms. The molecule has 0 radical (unpaired) electrons. The van der Waals surface area contributed by atoms with E-state index >= 15 is 0 Å². The fraction of sp³-hybridized carbons (Fsp3) is 0.619. The Hall–Kier alpha value is -4.25. The van der Waals surface area contributed by atoms with E-state index in [1.807, 2.05) is 26.0 Å². The van der Waals surface area contributed by atoms with Crippen LogP contribution in [0.15, 0.2) is 36.5 Å². The molecule has 1 saturated heterocycles. The van der Waals surface area contributed by atoms with Gasteiger partial charge in [0, 0.05) is 24.1 Å². The lowest BCUT2D eigenvalue weighted by Crippen LogP contribution is -2.48. The molecular weight excluding hydrogens is 827 g/mol. The molecule has 2 aliphatic carbocycles. The molecule has 4 heterocycles. The van der Waals surface area contributed by atoms with Gasteiger partial charge in [0.05, 0.1) is 51.7 Å². The number of hydrogen-bond donors (Lipinski definition) is 1. The molecule has 7 rings (SSSR count). The number of fused-ring (bicyclic) bond motifs is 5. The number of benzene rings is 1. The first kappa shape index (κ1) is 43.8. The first-order valence-electron chi connectivity index (χ1n) is 20.4. The number of carbonyl (C=O) groups is 4. The van der Waals surface area contributed by atoms with Gasteiger partial charge in [0.25, 0.3) is 0 Å². The third-order valence-electron chi connectivity index (χ3n) is 13.0. The second-order valence-electron chi connectivity index (χ2n) is 18.2. The third-order valence-corrected chi connectivity index (χ3v) is 15.4. The van der Waals surface area contributed by atoms with E-state index in [1.54, 1.807) is 42.6 Å². The van der Waals surface area contributed by atoms with Crippen LogP contribution in [0, 0.1) is 36.0 Å².